The molecule has 3 heteroatoms. The molecule has 0 bridgehead atoms. The fourth-order valence-electron chi connectivity index (χ4n) is 1.13. The molecule has 2 unspecified atom stereocenters. The molecule has 1 rings (SSSR count). The van der Waals surface area contributed by atoms with E-state index in [1.54, 1.807) is 7.11 Å². The highest BCUT2D eigenvalue weighted by Gasteiger charge is 2.09. The molecule has 0 fully saturated rings. The molecule has 1 aromatic rings. The molecule has 0 aliphatic carbocycles. The number of hydrogen-bond acceptors (Lipinski definition) is 3. The average Bonchev–Trinajstić information content (AvgIpc) is 2.17. The maximum atomic E-state index is 5.86. The van der Waals surface area contributed by atoms with Gasteiger partial charge in [0.25, 0.3) is 0 Å². The van der Waals surface area contributed by atoms with Crippen LogP contribution in [0, 0.1) is 0 Å². The summed E-state index contributed by atoms with van der Waals surface area (Å²) in [4.78, 5) is 0. The molecular weight excluding hydrogens is 164 g/mol. The van der Waals surface area contributed by atoms with Crippen molar-refractivity contribution < 1.29 is 4.74 Å². The average molecular weight is 180 g/mol. The lowest BCUT2D eigenvalue weighted by Crippen LogP contribution is -2.30. The first-order chi connectivity index (χ1) is 6.15. The van der Waals surface area contributed by atoms with Crippen LogP contribution in [0.2, 0.25) is 0 Å². The number of nitrogens with two attached hydrogens (primary N) is 2. The Balaban J connectivity index is 2.79. The molecule has 0 saturated heterocycles. The molecule has 0 saturated carbocycles. The highest BCUT2D eigenvalue weighted by molar-refractivity contribution is 5.29. The molecule has 3 nitrogen and oxygen atoms in total. The summed E-state index contributed by atoms with van der Waals surface area (Å²) < 4.78 is 5.04. The van der Waals surface area contributed by atoms with Crippen molar-refractivity contribution in [1.82, 2.24) is 0 Å². The fourth-order valence-corrected chi connectivity index (χ4v) is 1.13. The van der Waals surface area contributed by atoms with Gasteiger partial charge < -0.3 is 16.2 Å². The lowest BCUT2D eigenvalue weighted by Gasteiger charge is -2.15. The Morgan fingerprint density at radius 3 is 2.08 bits per heavy atom. The van der Waals surface area contributed by atoms with Gasteiger partial charge in [0, 0.05) is 12.1 Å². The number of rotatable bonds is 3. The quantitative estimate of drug-likeness (QED) is 0.730. The third-order valence-corrected chi connectivity index (χ3v) is 2.07. The Hall–Kier alpha value is -1.06. The predicted octanol–water partition coefficient (Wildman–Crippen LogP) is 1.04. The first-order valence-electron chi connectivity index (χ1n) is 4.30. The van der Waals surface area contributed by atoms with Gasteiger partial charge in [-0.3, -0.25) is 0 Å². The molecule has 0 heterocycles. The van der Waals surface area contributed by atoms with Crippen molar-refractivity contribution in [1.29, 1.82) is 0 Å². The zero-order chi connectivity index (χ0) is 9.84. The van der Waals surface area contributed by atoms with Crippen LogP contribution in [-0.4, -0.2) is 13.2 Å². The van der Waals surface area contributed by atoms with Gasteiger partial charge in [-0.15, -0.1) is 0 Å². The largest absolute Gasteiger partial charge is 0.497 e. The molecule has 0 aromatic heterocycles. The van der Waals surface area contributed by atoms with Crippen molar-refractivity contribution in [2.45, 2.75) is 19.0 Å². The van der Waals surface area contributed by atoms with Gasteiger partial charge in [-0.25, -0.2) is 0 Å². The summed E-state index contributed by atoms with van der Waals surface area (Å²) >= 11 is 0. The number of benzene rings is 1. The Bertz CT molecular complexity index is 256. The minimum absolute atomic E-state index is 0.0339. The lowest BCUT2D eigenvalue weighted by atomic mass is 10.0. The highest BCUT2D eigenvalue weighted by Crippen LogP contribution is 2.17. The van der Waals surface area contributed by atoms with Gasteiger partial charge in [-0.2, -0.15) is 0 Å². The molecule has 2 atom stereocenters. The predicted molar refractivity (Wildman–Crippen MR) is 53.6 cm³/mol. The van der Waals surface area contributed by atoms with Gasteiger partial charge in [0.1, 0.15) is 5.75 Å². The van der Waals surface area contributed by atoms with Gasteiger partial charge in [0.05, 0.1) is 7.11 Å². The van der Waals surface area contributed by atoms with Crippen LogP contribution in [0.3, 0.4) is 0 Å². The van der Waals surface area contributed by atoms with E-state index in [-0.39, 0.29) is 12.1 Å². The summed E-state index contributed by atoms with van der Waals surface area (Å²) in [6.45, 7) is 1.90. The first-order valence-corrected chi connectivity index (χ1v) is 4.30. The normalized spacial score (nSPS) is 15.1. The Morgan fingerprint density at radius 1 is 1.15 bits per heavy atom. The minimum Gasteiger partial charge on any atom is -0.497 e. The second-order valence-electron chi connectivity index (χ2n) is 3.16. The third-order valence-electron chi connectivity index (χ3n) is 2.07. The van der Waals surface area contributed by atoms with Gasteiger partial charge in [0.15, 0.2) is 0 Å². The zero-order valence-electron chi connectivity index (χ0n) is 8.03. The molecule has 13 heavy (non-hydrogen) atoms. The number of methoxy groups -OCH3 is 1. The van der Waals surface area contributed by atoms with Crippen LogP contribution >= 0.6 is 0 Å². The van der Waals surface area contributed by atoms with Crippen LogP contribution in [0.1, 0.15) is 18.5 Å². The second-order valence-corrected chi connectivity index (χ2v) is 3.16. The van der Waals surface area contributed by atoms with Crippen molar-refractivity contribution in [3.63, 3.8) is 0 Å². The summed E-state index contributed by atoms with van der Waals surface area (Å²) in [6.07, 6.45) is 0. The summed E-state index contributed by atoms with van der Waals surface area (Å²) in [6, 6.07) is 7.51. The smallest absolute Gasteiger partial charge is 0.118 e. The van der Waals surface area contributed by atoms with Crippen LogP contribution in [0.15, 0.2) is 24.3 Å². The summed E-state index contributed by atoms with van der Waals surface area (Å²) in [5.74, 6) is 0.834. The molecule has 0 radical (unpaired) electrons. The van der Waals surface area contributed by atoms with Crippen LogP contribution in [0.5, 0.6) is 5.75 Å². The van der Waals surface area contributed by atoms with E-state index in [1.165, 1.54) is 0 Å². The van der Waals surface area contributed by atoms with E-state index in [9.17, 15) is 0 Å². The molecule has 1 aromatic carbocycles. The maximum Gasteiger partial charge on any atom is 0.118 e. The van der Waals surface area contributed by atoms with Gasteiger partial charge >= 0.3 is 0 Å². The van der Waals surface area contributed by atoms with Gasteiger partial charge in [-0.1, -0.05) is 12.1 Å². The minimum atomic E-state index is -0.106. The van der Waals surface area contributed by atoms with Crippen LogP contribution in [0.4, 0.5) is 0 Å². The summed E-state index contributed by atoms with van der Waals surface area (Å²) in [7, 11) is 1.64. The van der Waals surface area contributed by atoms with Crippen molar-refractivity contribution >= 4 is 0 Å². The van der Waals surface area contributed by atoms with Crippen molar-refractivity contribution in [3.8, 4) is 5.75 Å². The van der Waals surface area contributed by atoms with Crippen LogP contribution < -0.4 is 16.2 Å². The highest BCUT2D eigenvalue weighted by atomic mass is 16.5. The molecule has 0 amide bonds. The topological polar surface area (TPSA) is 61.3 Å². The monoisotopic (exact) mass is 180 g/mol. The SMILES string of the molecule is COc1ccc(C(N)C(C)N)cc1. The van der Waals surface area contributed by atoms with E-state index >= 15 is 0 Å². The maximum absolute atomic E-state index is 5.86. The van der Waals surface area contributed by atoms with Crippen LogP contribution in [-0.2, 0) is 0 Å². The van der Waals surface area contributed by atoms with E-state index < -0.39 is 0 Å². The van der Waals surface area contributed by atoms with E-state index in [2.05, 4.69) is 0 Å². The molecule has 0 aliphatic rings. The third kappa shape index (κ3) is 2.44. The standard InChI is InChI=1S/C10H16N2O/c1-7(11)10(12)8-3-5-9(13-2)6-4-8/h3-7,10H,11-12H2,1-2H3. The van der Waals surface area contributed by atoms with Gasteiger partial charge in [-0.05, 0) is 24.6 Å². The van der Waals surface area contributed by atoms with Crippen molar-refractivity contribution in [3.05, 3.63) is 29.8 Å². The molecule has 0 aliphatic heterocycles. The number of ether oxygens (including phenoxy) is 1. The Labute approximate surface area is 78.7 Å². The Kier molecular flexibility index (Phi) is 3.28. The molecule has 0 spiro atoms. The fraction of sp³-hybridized carbons (Fsp3) is 0.400. The van der Waals surface area contributed by atoms with E-state index in [0.717, 1.165) is 11.3 Å². The van der Waals surface area contributed by atoms with Crippen molar-refractivity contribution in [2.24, 2.45) is 11.5 Å². The molecule has 72 valence electrons. The Morgan fingerprint density at radius 2 is 1.69 bits per heavy atom. The summed E-state index contributed by atoms with van der Waals surface area (Å²) in [5, 5.41) is 0. The van der Waals surface area contributed by atoms with Crippen molar-refractivity contribution in [2.75, 3.05) is 7.11 Å². The van der Waals surface area contributed by atoms with E-state index in [1.807, 2.05) is 31.2 Å². The molecule has 4 N–H and O–H groups in total. The first kappa shape index (κ1) is 10.0. The van der Waals surface area contributed by atoms with Crippen LogP contribution in [0.25, 0.3) is 0 Å². The molecular formula is C10H16N2O. The summed E-state index contributed by atoms with van der Waals surface area (Å²) in [5.41, 5.74) is 12.6. The lowest BCUT2D eigenvalue weighted by molar-refractivity contribution is 0.414. The van der Waals surface area contributed by atoms with Gasteiger partial charge in [0.2, 0.25) is 0 Å². The van der Waals surface area contributed by atoms with E-state index in [0.29, 0.717) is 0 Å². The second kappa shape index (κ2) is 4.25. The van der Waals surface area contributed by atoms with E-state index in [4.69, 9.17) is 16.2 Å². The number of hydrogen-bond donors (Lipinski definition) is 2. The zero-order valence-corrected chi connectivity index (χ0v) is 8.03.